The van der Waals surface area contributed by atoms with Gasteiger partial charge in [0.2, 0.25) is 5.91 Å². The van der Waals surface area contributed by atoms with Gasteiger partial charge in [-0.15, -0.1) is 0 Å². The van der Waals surface area contributed by atoms with E-state index in [0.29, 0.717) is 0 Å². The molecule has 19 heavy (non-hydrogen) atoms. The molecule has 0 aromatic rings. The summed E-state index contributed by atoms with van der Waals surface area (Å²) in [5.74, 6) is -2.82. The number of nitrogens with one attached hydrogen (secondary N) is 1. The van der Waals surface area contributed by atoms with Crippen LogP contribution in [0.1, 0.15) is 45.4 Å². The van der Waals surface area contributed by atoms with Gasteiger partial charge >= 0.3 is 11.9 Å². The van der Waals surface area contributed by atoms with E-state index < -0.39 is 23.9 Å². The van der Waals surface area contributed by atoms with E-state index in [4.69, 9.17) is 10.2 Å². The maximum Gasteiger partial charge on any atom is 0.326 e. The number of carbonyl (C=O) groups is 3. The number of hydrogen-bond acceptors (Lipinski definition) is 3. The van der Waals surface area contributed by atoms with E-state index in [2.05, 4.69) is 12.2 Å². The molecule has 0 aliphatic carbocycles. The Labute approximate surface area is 112 Å². The Morgan fingerprint density at radius 2 is 1.89 bits per heavy atom. The van der Waals surface area contributed by atoms with Gasteiger partial charge in [-0.05, 0) is 25.3 Å². The second-order valence-corrected chi connectivity index (χ2v) is 4.23. The number of hydrogen-bond donors (Lipinski definition) is 3. The summed E-state index contributed by atoms with van der Waals surface area (Å²) >= 11 is 0. The molecular formula is C13H21NO5. The molecule has 0 saturated carbocycles. The van der Waals surface area contributed by atoms with Crippen molar-refractivity contribution < 1.29 is 24.6 Å². The fourth-order valence-corrected chi connectivity index (χ4v) is 1.45. The summed E-state index contributed by atoms with van der Waals surface area (Å²) < 4.78 is 0. The SMILES string of the molecule is CCCCCC=CC(=O)N[C@@H](CCC(=O)O)C(=O)O. The van der Waals surface area contributed by atoms with Crippen LogP contribution in [0.3, 0.4) is 0 Å². The van der Waals surface area contributed by atoms with Crippen LogP contribution < -0.4 is 5.32 Å². The van der Waals surface area contributed by atoms with Gasteiger partial charge in [0.25, 0.3) is 0 Å². The van der Waals surface area contributed by atoms with E-state index in [1.165, 1.54) is 6.08 Å². The van der Waals surface area contributed by atoms with Crippen molar-refractivity contribution in [1.29, 1.82) is 0 Å². The molecule has 6 nitrogen and oxygen atoms in total. The lowest BCUT2D eigenvalue weighted by atomic mass is 10.1. The van der Waals surface area contributed by atoms with Gasteiger partial charge in [-0.1, -0.05) is 25.8 Å². The average Bonchev–Trinajstić information content (AvgIpc) is 2.33. The summed E-state index contributed by atoms with van der Waals surface area (Å²) in [5, 5.41) is 19.6. The molecule has 0 radical (unpaired) electrons. The van der Waals surface area contributed by atoms with Crippen LogP contribution in [0.2, 0.25) is 0 Å². The summed E-state index contributed by atoms with van der Waals surface area (Å²) in [4.78, 5) is 32.6. The Morgan fingerprint density at radius 1 is 1.21 bits per heavy atom. The molecule has 108 valence electrons. The lowest BCUT2D eigenvalue weighted by Crippen LogP contribution is -2.40. The molecule has 1 amide bonds. The van der Waals surface area contributed by atoms with Crippen molar-refractivity contribution in [3.8, 4) is 0 Å². The summed E-state index contributed by atoms with van der Waals surface area (Å²) in [6.45, 7) is 2.08. The van der Waals surface area contributed by atoms with Crippen LogP contribution in [0.25, 0.3) is 0 Å². The number of carbonyl (C=O) groups excluding carboxylic acids is 1. The number of allylic oxidation sites excluding steroid dienone is 1. The van der Waals surface area contributed by atoms with Crippen molar-refractivity contribution in [3.63, 3.8) is 0 Å². The molecule has 0 spiro atoms. The first kappa shape index (κ1) is 17.2. The van der Waals surface area contributed by atoms with E-state index in [1.54, 1.807) is 6.08 Å². The summed E-state index contributed by atoms with van der Waals surface area (Å²) in [6.07, 6.45) is 6.51. The minimum atomic E-state index is -1.23. The van der Waals surface area contributed by atoms with Crippen LogP contribution in [0, 0.1) is 0 Å². The Morgan fingerprint density at radius 3 is 2.42 bits per heavy atom. The normalized spacial score (nSPS) is 12.3. The third-order valence-electron chi connectivity index (χ3n) is 2.51. The Bertz CT molecular complexity index is 338. The number of aliphatic carboxylic acids is 2. The molecule has 0 aliphatic rings. The van der Waals surface area contributed by atoms with E-state index >= 15 is 0 Å². The molecule has 0 saturated heterocycles. The fourth-order valence-electron chi connectivity index (χ4n) is 1.45. The first-order valence-electron chi connectivity index (χ1n) is 6.39. The van der Waals surface area contributed by atoms with Crippen LogP contribution in [0.5, 0.6) is 0 Å². The Kier molecular flexibility index (Phi) is 9.12. The highest BCUT2D eigenvalue weighted by molar-refractivity contribution is 5.91. The number of unbranched alkanes of at least 4 members (excludes halogenated alkanes) is 3. The number of rotatable bonds is 10. The molecule has 6 heteroatoms. The van der Waals surface area contributed by atoms with E-state index in [-0.39, 0.29) is 12.8 Å². The molecule has 0 bridgehead atoms. The smallest absolute Gasteiger partial charge is 0.326 e. The molecule has 0 fully saturated rings. The van der Waals surface area contributed by atoms with Gasteiger partial charge < -0.3 is 15.5 Å². The average molecular weight is 271 g/mol. The van der Waals surface area contributed by atoms with E-state index in [0.717, 1.165) is 25.7 Å². The van der Waals surface area contributed by atoms with Crippen LogP contribution in [-0.4, -0.2) is 34.1 Å². The van der Waals surface area contributed by atoms with Crippen LogP contribution in [0.4, 0.5) is 0 Å². The molecule has 3 N–H and O–H groups in total. The van der Waals surface area contributed by atoms with Gasteiger partial charge in [0.15, 0.2) is 0 Å². The summed E-state index contributed by atoms with van der Waals surface area (Å²) in [6, 6.07) is -1.16. The van der Waals surface area contributed by atoms with Crippen LogP contribution in [-0.2, 0) is 14.4 Å². The zero-order valence-electron chi connectivity index (χ0n) is 11.1. The quantitative estimate of drug-likeness (QED) is 0.413. The molecule has 0 aliphatic heterocycles. The lowest BCUT2D eigenvalue weighted by molar-refractivity contribution is -0.142. The van der Waals surface area contributed by atoms with Crippen molar-refractivity contribution in [1.82, 2.24) is 5.32 Å². The summed E-state index contributed by atoms with van der Waals surface area (Å²) in [7, 11) is 0. The van der Waals surface area contributed by atoms with Gasteiger partial charge in [0, 0.05) is 6.42 Å². The van der Waals surface area contributed by atoms with Gasteiger partial charge in [0.1, 0.15) is 6.04 Å². The lowest BCUT2D eigenvalue weighted by Gasteiger charge is -2.11. The number of carboxylic acids is 2. The minimum Gasteiger partial charge on any atom is -0.481 e. The molecule has 0 aromatic carbocycles. The highest BCUT2D eigenvalue weighted by Gasteiger charge is 2.19. The fraction of sp³-hybridized carbons (Fsp3) is 0.615. The largest absolute Gasteiger partial charge is 0.481 e. The zero-order valence-corrected chi connectivity index (χ0v) is 11.1. The topological polar surface area (TPSA) is 104 Å². The maximum atomic E-state index is 11.4. The van der Waals surface area contributed by atoms with Crippen molar-refractivity contribution in [3.05, 3.63) is 12.2 Å². The number of amides is 1. The van der Waals surface area contributed by atoms with E-state index in [9.17, 15) is 14.4 Å². The van der Waals surface area contributed by atoms with Crippen LogP contribution >= 0.6 is 0 Å². The van der Waals surface area contributed by atoms with Gasteiger partial charge in [-0.2, -0.15) is 0 Å². The van der Waals surface area contributed by atoms with Crippen molar-refractivity contribution in [2.45, 2.75) is 51.5 Å². The van der Waals surface area contributed by atoms with Crippen molar-refractivity contribution >= 4 is 17.8 Å². The second-order valence-electron chi connectivity index (χ2n) is 4.23. The second kappa shape index (κ2) is 10.1. The minimum absolute atomic E-state index is 0.125. The molecule has 0 heterocycles. The standard InChI is InChI=1S/C13H21NO5/c1-2-3-4-5-6-7-11(15)14-10(13(18)19)8-9-12(16)17/h6-7,10H,2-5,8-9H2,1H3,(H,14,15)(H,16,17)(H,18,19)/t10-/m0/s1. The zero-order chi connectivity index (χ0) is 14.7. The molecule has 1 atom stereocenters. The third-order valence-corrected chi connectivity index (χ3v) is 2.51. The van der Waals surface area contributed by atoms with Crippen LogP contribution in [0.15, 0.2) is 12.2 Å². The molecule has 0 unspecified atom stereocenters. The monoisotopic (exact) mass is 271 g/mol. The molecule has 0 aromatic heterocycles. The molecule has 0 rings (SSSR count). The number of carboxylic acid groups (broad SMARTS) is 2. The summed E-state index contributed by atoms with van der Waals surface area (Å²) in [5.41, 5.74) is 0. The third kappa shape index (κ3) is 9.82. The maximum absolute atomic E-state index is 11.4. The predicted octanol–water partition coefficient (Wildman–Crippen LogP) is 1.56. The first-order chi connectivity index (χ1) is 8.97. The molecular weight excluding hydrogens is 250 g/mol. The highest BCUT2D eigenvalue weighted by Crippen LogP contribution is 2.01. The van der Waals surface area contributed by atoms with Crippen molar-refractivity contribution in [2.75, 3.05) is 0 Å². The predicted molar refractivity (Wildman–Crippen MR) is 69.7 cm³/mol. The van der Waals surface area contributed by atoms with Gasteiger partial charge in [-0.3, -0.25) is 9.59 Å². The van der Waals surface area contributed by atoms with E-state index in [1.807, 2.05) is 0 Å². The van der Waals surface area contributed by atoms with Crippen molar-refractivity contribution in [2.24, 2.45) is 0 Å². The van der Waals surface area contributed by atoms with Gasteiger partial charge in [-0.25, -0.2) is 4.79 Å². The Hall–Kier alpha value is -1.85. The van der Waals surface area contributed by atoms with Gasteiger partial charge in [0.05, 0.1) is 0 Å². The Balaban J connectivity index is 4.09. The highest BCUT2D eigenvalue weighted by atomic mass is 16.4. The first-order valence-corrected chi connectivity index (χ1v) is 6.39.